The predicted molar refractivity (Wildman–Crippen MR) is 72.5 cm³/mol. The Hall–Kier alpha value is -1.70. The number of nitrogens with one attached hydrogen (secondary N) is 2. The summed E-state index contributed by atoms with van der Waals surface area (Å²) in [5.41, 5.74) is -1.37. The second-order valence-corrected chi connectivity index (χ2v) is 5.63. The zero-order valence-corrected chi connectivity index (χ0v) is 12.3. The number of rotatable bonds is 4. The molecular weight excluding hydrogens is 338 g/mol. The lowest BCUT2D eigenvalue weighted by Crippen LogP contribution is -2.46. The SMILES string of the molecule is CC(C)(CC(=O)O)NC(=O)Nc1cc(F)c(Br)cc1F. The van der Waals surface area contributed by atoms with Gasteiger partial charge in [-0.05, 0) is 35.8 Å². The van der Waals surface area contributed by atoms with Crippen LogP contribution in [0, 0.1) is 11.6 Å². The molecule has 0 atom stereocenters. The van der Waals surface area contributed by atoms with Crippen molar-refractivity contribution in [2.24, 2.45) is 0 Å². The number of benzene rings is 1. The fourth-order valence-electron chi connectivity index (χ4n) is 1.50. The summed E-state index contributed by atoms with van der Waals surface area (Å²) in [5, 5.41) is 13.2. The number of aliphatic carboxylic acids is 1. The highest BCUT2D eigenvalue weighted by atomic mass is 79.9. The van der Waals surface area contributed by atoms with E-state index >= 15 is 0 Å². The van der Waals surface area contributed by atoms with E-state index in [0.717, 1.165) is 12.1 Å². The molecule has 3 N–H and O–H groups in total. The van der Waals surface area contributed by atoms with Crippen LogP contribution in [0.5, 0.6) is 0 Å². The summed E-state index contributed by atoms with van der Waals surface area (Å²) < 4.78 is 26.7. The minimum Gasteiger partial charge on any atom is -0.481 e. The number of anilines is 1. The van der Waals surface area contributed by atoms with E-state index in [0.29, 0.717) is 0 Å². The fourth-order valence-corrected chi connectivity index (χ4v) is 1.82. The van der Waals surface area contributed by atoms with Gasteiger partial charge in [0.1, 0.15) is 11.6 Å². The molecule has 0 fully saturated rings. The zero-order valence-electron chi connectivity index (χ0n) is 10.8. The normalized spacial score (nSPS) is 11.1. The average Bonchev–Trinajstić information content (AvgIpc) is 2.22. The molecule has 0 saturated heterocycles. The molecule has 0 bridgehead atoms. The van der Waals surface area contributed by atoms with Crippen molar-refractivity contribution < 1.29 is 23.5 Å². The average molecular weight is 351 g/mol. The Morgan fingerprint density at radius 2 is 1.90 bits per heavy atom. The second-order valence-electron chi connectivity index (χ2n) is 4.78. The summed E-state index contributed by atoms with van der Waals surface area (Å²) in [6.45, 7) is 3.00. The first-order valence-electron chi connectivity index (χ1n) is 5.56. The monoisotopic (exact) mass is 350 g/mol. The number of carbonyl (C=O) groups is 2. The lowest BCUT2D eigenvalue weighted by molar-refractivity contribution is -0.138. The molecule has 1 aromatic rings. The third-order valence-corrected chi connectivity index (χ3v) is 2.91. The van der Waals surface area contributed by atoms with Gasteiger partial charge in [0.25, 0.3) is 0 Å². The Balaban J connectivity index is 2.77. The van der Waals surface area contributed by atoms with Gasteiger partial charge in [-0.25, -0.2) is 13.6 Å². The fraction of sp³-hybridized carbons (Fsp3) is 0.333. The van der Waals surface area contributed by atoms with Crippen LogP contribution in [0.4, 0.5) is 19.3 Å². The minimum absolute atomic E-state index is 0.0628. The van der Waals surface area contributed by atoms with E-state index in [1.54, 1.807) is 0 Å². The molecule has 5 nitrogen and oxygen atoms in total. The van der Waals surface area contributed by atoms with E-state index in [2.05, 4.69) is 26.6 Å². The van der Waals surface area contributed by atoms with Crippen LogP contribution in [-0.2, 0) is 4.79 Å². The highest BCUT2D eigenvalue weighted by Gasteiger charge is 2.24. The van der Waals surface area contributed by atoms with Gasteiger partial charge in [-0.15, -0.1) is 0 Å². The summed E-state index contributed by atoms with van der Waals surface area (Å²) in [5.74, 6) is -2.63. The van der Waals surface area contributed by atoms with E-state index in [-0.39, 0.29) is 16.6 Å². The van der Waals surface area contributed by atoms with Gasteiger partial charge in [-0.1, -0.05) is 0 Å². The highest BCUT2D eigenvalue weighted by Crippen LogP contribution is 2.23. The molecule has 0 unspecified atom stereocenters. The van der Waals surface area contributed by atoms with E-state index in [9.17, 15) is 18.4 Å². The van der Waals surface area contributed by atoms with Gasteiger partial charge in [0.15, 0.2) is 0 Å². The molecule has 110 valence electrons. The number of carbonyl (C=O) groups excluding carboxylic acids is 1. The van der Waals surface area contributed by atoms with Crippen molar-refractivity contribution in [1.82, 2.24) is 5.32 Å². The number of carboxylic acids is 1. The van der Waals surface area contributed by atoms with Crippen molar-refractivity contribution in [3.63, 3.8) is 0 Å². The first kappa shape index (κ1) is 16.4. The molecular formula is C12H13BrF2N2O3. The van der Waals surface area contributed by atoms with Crippen LogP contribution >= 0.6 is 15.9 Å². The molecule has 8 heteroatoms. The van der Waals surface area contributed by atoms with Crippen LogP contribution in [0.15, 0.2) is 16.6 Å². The number of hydrogen-bond donors (Lipinski definition) is 3. The molecule has 2 amide bonds. The summed E-state index contributed by atoms with van der Waals surface area (Å²) >= 11 is 2.81. The number of carboxylic acid groups (broad SMARTS) is 1. The number of urea groups is 1. The maximum absolute atomic E-state index is 13.5. The Bertz CT molecular complexity index is 550. The van der Waals surface area contributed by atoms with Crippen molar-refractivity contribution in [3.05, 3.63) is 28.2 Å². The Morgan fingerprint density at radius 1 is 1.30 bits per heavy atom. The van der Waals surface area contributed by atoms with Gasteiger partial charge in [0, 0.05) is 11.6 Å². The quantitative estimate of drug-likeness (QED) is 0.730. The van der Waals surface area contributed by atoms with E-state index < -0.39 is 29.2 Å². The first-order chi connectivity index (χ1) is 9.10. The molecule has 20 heavy (non-hydrogen) atoms. The van der Waals surface area contributed by atoms with Crippen LogP contribution in [0.2, 0.25) is 0 Å². The molecule has 0 spiro atoms. The van der Waals surface area contributed by atoms with Crippen molar-refractivity contribution >= 4 is 33.6 Å². The molecule has 0 heterocycles. The van der Waals surface area contributed by atoms with Crippen LogP contribution < -0.4 is 10.6 Å². The van der Waals surface area contributed by atoms with Gasteiger partial charge in [-0.2, -0.15) is 0 Å². The first-order valence-corrected chi connectivity index (χ1v) is 6.35. The topological polar surface area (TPSA) is 78.4 Å². The third kappa shape index (κ3) is 4.76. The number of hydrogen-bond acceptors (Lipinski definition) is 2. The van der Waals surface area contributed by atoms with Crippen LogP contribution in [-0.4, -0.2) is 22.6 Å². The van der Waals surface area contributed by atoms with Gasteiger partial charge in [0.2, 0.25) is 0 Å². The molecule has 0 aliphatic heterocycles. The summed E-state index contributed by atoms with van der Waals surface area (Å²) in [4.78, 5) is 22.2. The summed E-state index contributed by atoms with van der Waals surface area (Å²) in [6.07, 6.45) is -0.308. The highest BCUT2D eigenvalue weighted by molar-refractivity contribution is 9.10. The van der Waals surface area contributed by atoms with Crippen molar-refractivity contribution in [2.75, 3.05) is 5.32 Å². The second kappa shape index (κ2) is 6.17. The minimum atomic E-state index is -1.09. The smallest absolute Gasteiger partial charge is 0.319 e. The Labute approximate surface area is 122 Å². The summed E-state index contributed by atoms with van der Waals surface area (Å²) in [7, 11) is 0. The Morgan fingerprint density at radius 3 is 2.45 bits per heavy atom. The maximum Gasteiger partial charge on any atom is 0.319 e. The van der Waals surface area contributed by atoms with Gasteiger partial charge >= 0.3 is 12.0 Å². The van der Waals surface area contributed by atoms with Crippen molar-refractivity contribution in [1.29, 1.82) is 0 Å². The van der Waals surface area contributed by atoms with Crippen molar-refractivity contribution in [2.45, 2.75) is 25.8 Å². The standard InChI is InChI=1S/C12H13BrF2N2O3/c1-12(2,5-10(18)19)17-11(20)16-9-4-7(14)6(13)3-8(9)15/h3-4H,5H2,1-2H3,(H,18,19)(H2,16,17,20). The molecule has 0 aliphatic carbocycles. The molecule has 1 aromatic carbocycles. The van der Waals surface area contributed by atoms with Crippen LogP contribution in [0.25, 0.3) is 0 Å². The Kier molecular flexibility index (Phi) is 5.04. The van der Waals surface area contributed by atoms with Crippen molar-refractivity contribution in [3.8, 4) is 0 Å². The number of amides is 2. The third-order valence-electron chi connectivity index (χ3n) is 2.30. The van der Waals surface area contributed by atoms with Crippen LogP contribution in [0.1, 0.15) is 20.3 Å². The lowest BCUT2D eigenvalue weighted by Gasteiger charge is -2.24. The maximum atomic E-state index is 13.5. The van der Waals surface area contributed by atoms with Crippen LogP contribution in [0.3, 0.4) is 0 Å². The molecule has 0 saturated carbocycles. The summed E-state index contributed by atoms with van der Waals surface area (Å²) in [6, 6.07) is 0.883. The molecule has 0 radical (unpaired) electrons. The lowest BCUT2D eigenvalue weighted by atomic mass is 10.0. The van der Waals surface area contributed by atoms with E-state index in [4.69, 9.17) is 5.11 Å². The molecule has 0 aromatic heterocycles. The molecule has 1 rings (SSSR count). The van der Waals surface area contributed by atoms with Gasteiger partial charge in [-0.3, -0.25) is 4.79 Å². The number of halogens is 3. The van der Waals surface area contributed by atoms with Gasteiger partial charge in [0.05, 0.1) is 16.6 Å². The van der Waals surface area contributed by atoms with E-state index in [1.165, 1.54) is 13.8 Å². The largest absolute Gasteiger partial charge is 0.481 e. The molecule has 0 aliphatic rings. The predicted octanol–water partition coefficient (Wildman–Crippen LogP) is 3.10. The zero-order chi connectivity index (χ0) is 15.5. The van der Waals surface area contributed by atoms with E-state index in [1.807, 2.05) is 0 Å². The van der Waals surface area contributed by atoms with Gasteiger partial charge < -0.3 is 15.7 Å².